The number of carbonyl (C=O) groups excluding carboxylic acids is 2. The Morgan fingerprint density at radius 1 is 1.32 bits per heavy atom. The maximum absolute atomic E-state index is 11.8. The molecule has 0 radical (unpaired) electrons. The third-order valence-corrected chi connectivity index (χ3v) is 3.55. The molecule has 1 aromatic rings. The van der Waals surface area contributed by atoms with Crippen molar-refractivity contribution in [1.82, 2.24) is 0 Å². The van der Waals surface area contributed by atoms with Crippen LogP contribution in [0.1, 0.15) is 22.8 Å². The molecule has 1 N–H and O–H groups in total. The largest absolute Gasteiger partial charge is 0.492 e. The van der Waals surface area contributed by atoms with Crippen LogP contribution in [0.15, 0.2) is 4.47 Å². The van der Waals surface area contributed by atoms with Gasteiger partial charge in [-0.25, -0.2) is 4.79 Å². The zero-order chi connectivity index (χ0) is 14.2. The van der Waals surface area contributed by atoms with Crippen LogP contribution < -0.4 is 14.8 Å². The van der Waals surface area contributed by atoms with E-state index in [0.29, 0.717) is 21.3 Å². The van der Waals surface area contributed by atoms with Crippen molar-refractivity contribution in [1.29, 1.82) is 0 Å². The summed E-state index contributed by atoms with van der Waals surface area (Å²) in [5.74, 6) is -0.129. The Labute approximate surface area is 118 Å². The molecule has 0 spiro atoms. The number of nitrogens with one attached hydrogen (secondary N) is 1. The van der Waals surface area contributed by atoms with Gasteiger partial charge in [0.05, 0.1) is 24.3 Å². The van der Waals surface area contributed by atoms with Gasteiger partial charge in [0.15, 0.2) is 11.5 Å². The molecule has 0 aromatic heterocycles. The average Bonchev–Trinajstić information content (AvgIpc) is 2.74. The van der Waals surface area contributed by atoms with Gasteiger partial charge in [-0.1, -0.05) is 0 Å². The lowest BCUT2D eigenvalue weighted by atomic mass is 10.1. The van der Waals surface area contributed by atoms with E-state index in [2.05, 4.69) is 21.2 Å². The first-order valence-corrected chi connectivity index (χ1v) is 6.21. The van der Waals surface area contributed by atoms with Crippen molar-refractivity contribution in [2.45, 2.75) is 13.5 Å². The monoisotopic (exact) mass is 329 g/mol. The molecular formula is C12H12BrNO5. The Hall–Kier alpha value is -1.76. The summed E-state index contributed by atoms with van der Waals surface area (Å²) >= 11 is 3.36. The topological polar surface area (TPSA) is 73.9 Å². The van der Waals surface area contributed by atoms with E-state index in [1.54, 1.807) is 0 Å². The van der Waals surface area contributed by atoms with Gasteiger partial charge in [-0.2, -0.15) is 0 Å². The van der Waals surface area contributed by atoms with Gasteiger partial charge in [-0.3, -0.25) is 4.79 Å². The molecular weight excluding hydrogens is 318 g/mol. The standard InChI is InChI=1S/C12H12BrNO5/c1-5(15)14-9-7-6(4-19-12(7)16)8(13)10(17-2)11(9)18-3/h4H2,1-3H3,(H,14,15). The van der Waals surface area contributed by atoms with Crippen LogP contribution in [0.3, 0.4) is 0 Å². The maximum Gasteiger partial charge on any atom is 0.341 e. The molecule has 0 saturated heterocycles. The van der Waals surface area contributed by atoms with Crippen LogP contribution in [-0.2, 0) is 16.1 Å². The lowest BCUT2D eigenvalue weighted by molar-refractivity contribution is -0.114. The van der Waals surface area contributed by atoms with Crippen molar-refractivity contribution in [2.24, 2.45) is 0 Å². The number of esters is 1. The van der Waals surface area contributed by atoms with Crippen molar-refractivity contribution in [3.63, 3.8) is 0 Å². The smallest absolute Gasteiger partial charge is 0.341 e. The van der Waals surface area contributed by atoms with E-state index in [1.165, 1.54) is 21.1 Å². The average molecular weight is 330 g/mol. The molecule has 0 saturated carbocycles. The number of methoxy groups -OCH3 is 2. The van der Waals surface area contributed by atoms with Gasteiger partial charge in [0.25, 0.3) is 0 Å². The van der Waals surface area contributed by atoms with Crippen LogP contribution in [0.2, 0.25) is 0 Å². The fraction of sp³-hybridized carbons (Fsp3) is 0.333. The van der Waals surface area contributed by atoms with Crippen LogP contribution in [-0.4, -0.2) is 26.1 Å². The molecule has 19 heavy (non-hydrogen) atoms. The third kappa shape index (κ3) is 2.14. The quantitative estimate of drug-likeness (QED) is 0.859. The predicted octanol–water partition coefficient (Wildman–Crippen LogP) is 2.10. The van der Waals surface area contributed by atoms with Gasteiger partial charge in [-0.15, -0.1) is 0 Å². The highest BCUT2D eigenvalue weighted by Crippen LogP contribution is 2.48. The van der Waals surface area contributed by atoms with E-state index in [-0.39, 0.29) is 24.0 Å². The summed E-state index contributed by atoms with van der Waals surface area (Å²) in [6, 6.07) is 0. The molecule has 102 valence electrons. The van der Waals surface area contributed by atoms with Gasteiger partial charge in [0.1, 0.15) is 12.3 Å². The molecule has 1 aliphatic heterocycles. The highest BCUT2D eigenvalue weighted by atomic mass is 79.9. The SMILES string of the molecule is COc1c(Br)c2c(c(NC(C)=O)c1OC)C(=O)OC2. The Balaban J connectivity index is 2.78. The van der Waals surface area contributed by atoms with Crippen molar-refractivity contribution in [2.75, 3.05) is 19.5 Å². The zero-order valence-corrected chi connectivity index (χ0v) is 12.2. The van der Waals surface area contributed by atoms with Crippen LogP contribution >= 0.6 is 15.9 Å². The molecule has 0 atom stereocenters. The minimum atomic E-state index is -0.500. The fourth-order valence-corrected chi connectivity index (χ4v) is 2.62. The lowest BCUT2D eigenvalue weighted by Gasteiger charge is -2.17. The number of amides is 1. The van der Waals surface area contributed by atoms with Crippen molar-refractivity contribution < 1.29 is 23.8 Å². The second-order valence-corrected chi connectivity index (χ2v) is 4.66. The molecule has 1 aliphatic rings. The Bertz CT molecular complexity index is 570. The van der Waals surface area contributed by atoms with E-state index in [9.17, 15) is 9.59 Å². The van der Waals surface area contributed by atoms with E-state index in [0.717, 1.165) is 0 Å². The predicted molar refractivity (Wildman–Crippen MR) is 70.7 cm³/mol. The summed E-state index contributed by atoms with van der Waals surface area (Å²) in [4.78, 5) is 23.1. The third-order valence-electron chi connectivity index (χ3n) is 2.71. The number of carbonyl (C=O) groups is 2. The Kier molecular flexibility index (Phi) is 3.66. The lowest BCUT2D eigenvalue weighted by Crippen LogP contribution is -2.12. The number of anilines is 1. The minimum absolute atomic E-state index is 0.127. The molecule has 2 rings (SSSR count). The van der Waals surface area contributed by atoms with E-state index >= 15 is 0 Å². The second-order valence-electron chi connectivity index (χ2n) is 3.87. The molecule has 6 nitrogen and oxygen atoms in total. The second kappa shape index (κ2) is 5.08. The summed E-state index contributed by atoms with van der Waals surface area (Å²) in [6.45, 7) is 1.47. The number of ether oxygens (including phenoxy) is 3. The van der Waals surface area contributed by atoms with Gasteiger partial charge in [0.2, 0.25) is 5.91 Å². The van der Waals surface area contributed by atoms with Gasteiger partial charge in [-0.05, 0) is 15.9 Å². The van der Waals surface area contributed by atoms with Crippen LogP contribution in [0.25, 0.3) is 0 Å². The van der Waals surface area contributed by atoms with Gasteiger partial charge in [0, 0.05) is 12.5 Å². The fourth-order valence-electron chi connectivity index (χ4n) is 1.97. The van der Waals surface area contributed by atoms with Crippen LogP contribution in [0.4, 0.5) is 5.69 Å². The van der Waals surface area contributed by atoms with E-state index < -0.39 is 5.97 Å². The maximum atomic E-state index is 11.8. The van der Waals surface area contributed by atoms with E-state index in [4.69, 9.17) is 14.2 Å². The van der Waals surface area contributed by atoms with Crippen molar-refractivity contribution in [3.8, 4) is 11.5 Å². The number of hydrogen-bond acceptors (Lipinski definition) is 5. The number of rotatable bonds is 3. The number of cyclic esters (lactones) is 1. The first-order valence-electron chi connectivity index (χ1n) is 5.42. The highest BCUT2D eigenvalue weighted by molar-refractivity contribution is 9.10. The number of benzene rings is 1. The van der Waals surface area contributed by atoms with Gasteiger partial charge >= 0.3 is 5.97 Å². The van der Waals surface area contributed by atoms with Crippen molar-refractivity contribution in [3.05, 3.63) is 15.6 Å². The molecule has 0 unspecified atom stereocenters. The molecule has 1 amide bonds. The summed E-state index contributed by atoms with van der Waals surface area (Å²) in [5, 5.41) is 2.59. The molecule has 0 aliphatic carbocycles. The van der Waals surface area contributed by atoms with Crippen molar-refractivity contribution >= 4 is 33.5 Å². The van der Waals surface area contributed by atoms with E-state index in [1.807, 2.05) is 0 Å². The normalized spacial score (nSPS) is 12.7. The minimum Gasteiger partial charge on any atom is -0.492 e. The molecule has 1 aromatic carbocycles. The molecule has 7 heteroatoms. The molecule has 0 fully saturated rings. The Morgan fingerprint density at radius 2 is 1.95 bits per heavy atom. The van der Waals surface area contributed by atoms with Gasteiger partial charge < -0.3 is 19.5 Å². The first-order chi connectivity index (χ1) is 9.01. The highest BCUT2D eigenvalue weighted by Gasteiger charge is 2.34. The molecule has 0 bridgehead atoms. The summed E-state index contributed by atoms with van der Waals surface area (Å²) in [7, 11) is 2.91. The van der Waals surface area contributed by atoms with Crippen LogP contribution in [0.5, 0.6) is 11.5 Å². The summed E-state index contributed by atoms with van der Waals surface area (Å²) < 4.78 is 16.1. The number of fused-ring (bicyclic) bond motifs is 1. The summed E-state index contributed by atoms with van der Waals surface area (Å²) in [6.07, 6.45) is 0. The molecule has 1 heterocycles. The summed E-state index contributed by atoms with van der Waals surface area (Å²) in [5.41, 5.74) is 1.19. The Morgan fingerprint density at radius 3 is 2.47 bits per heavy atom. The first kappa shape index (κ1) is 13.7. The number of hydrogen-bond donors (Lipinski definition) is 1. The number of halogens is 1. The zero-order valence-electron chi connectivity index (χ0n) is 10.6. The van der Waals surface area contributed by atoms with Crippen LogP contribution in [0, 0.1) is 0 Å².